The zero-order chi connectivity index (χ0) is 17.4. The number of carbonyl (C=O) groups excluding carboxylic acids is 2. The summed E-state index contributed by atoms with van der Waals surface area (Å²) in [7, 11) is 0. The molecule has 4 rings (SSSR count). The smallest absolute Gasteiger partial charge is 0.294 e. The molecule has 0 aromatic heterocycles. The van der Waals surface area contributed by atoms with Crippen molar-refractivity contribution >= 4 is 39.1 Å². The van der Waals surface area contributed by atoms with E-state index < -0.39 is 39.8 Å². The highest BCUT2D eigenvalue weighted by Crippen LogP contribution is 2.57. The van der Waals surface area contributed by atoms with Crippen molar-refractivity contribution in [3.8, 4) is 0 Å². The first kappa shape index (κ1) is 15.5. The number of carbonyl (C=O) groups is 2. The van der Waals surface area contributed by atoms with E-state index in [-0.39, 0.29) is 11.4 Å². The van der Waals surface area contributed by atoms with Crippen molar-refractivity contribution in [3.63, 3.8) is 0 Å². The van der Waals surface area contributed by atoms with Crippen LogP contribution >= 0.6 is 15.9 Å². The Morgan fingerprint density at radius 1 is 1.17 bits per heavy atom. The molecule has 0 aliphatic carbocycles. The van der Waals surface area contributed by atoms with E-state index >= 15 is 0 Å². The number of nitro groups is 1. The molecule has 3 heterocycles. The normalized spacial score (nSPS) is 36.5. The summed E-state index contributed by atoms with van der Waals surface area (Å²) in [6.45, 7) is 3.54. The molecule has 2 fully saturated rings. The number of imide groups is 1. The third-order valence-electron chi connectivity index (χ3n) is 5.10. The molecular weight excluding hydrogens is 380 g/mol. The first-order chi connectivity index (χ1) is 11.2. The Kier molecular flexibility index (Phi) is 2.91. The highest BCUT2D eigenvalue weighted by molar-refractivity contribution is 9.10. The number of nitrogens with zero attached hydrogens (tertiary/aromatic N) is 2. The van der Waals surface area contributed by atoms with Gasteiger partial charge >= 0.3 is 0 Å². The number of rotatable bonds is 2. The van der Waals surface area contributed by atoms with Gasteiger partial charge in [0, 0.05) is 10.5 Å². The van der Waals surface area contributed by atoms with Crippen molar-refractivity contribution in [3.05, 3.63) is 44.9 Å². The second kappa shape index (κ2) is 4.52. The summed E-state index contributed by atoms with van der Waals surface area (Å²) >= 11 is 3.18. The molecule has 8 heteroatoms. The molecule has 7 nitrogen and oxygen atoms in total. The number of anilines is 1. The molecule has 24 heavy (non-hydrogen) atoms. The largest absolute Gasteiger partial charge is 0.359 e. The van der Waals surface area contributed by atoms with Crippen molar-refractivity contribution in [1.29, 1.82) is 0 Å². The maximum atomic E-state index is 13.0. The number of benzene rings is 1. The van der Waals surface area contributed by atoms with Crippen molar-refractivity contribution in [2.45, 2.75) is 25.0 Å². The lowest BCUT2D eigenvalue weighted by molar-refractivity contribution is -0.384. The van der Waals surface area contributed by atoms with Gasteiger partial charge in [0.25, 0.3) is 5.69 Å². The van der Waals surface area contributed by atoms with Gasteiger partial charge < -0.3 is 4.74 Å². The summed E-state index contributed by atoms with van der Waals surface area (Å²) in [5, 5.41) is 11.4. The van der Waals surface area contributed by atoms with E-state index in [0.29, 0.717) is 4.47 Å². The molecule has 1 aromatic carbocycles. The van der Waals surface area contributed by atoms with Crippen LogP contribution < -0.4 is 4.90 Å². The summed E-state index contributed by atoms with van der Waals surface area (Å²) in [5.74, 6) is -2.23. The van der Waals surface area contributed by atoms with Gasteiger partial charge in [0.1, 0.15) is 5.69 Å². The number of nitro benzene ring substituents is 1. The van der Waals surface area contributed by atoms with E-state index in [9.17, 15) is 19.7 Å². The second-order valence-corrected chi connectivity index (χ2v) is 7.58. The monoisotopic (exact) mass is 392 g/mol. The van der Waals surface area contributed by atoms with E-state index in [0.717, 1.165) is 4.90 Å². The Morgan fingerprint density at radius 2 is 1.71 bits per heavy atom. The molecular formula is C16H13BrN2O5. The topological polar surface area (TPSA) is 89.8 Å². The van der Waals surface area contributed by atoms with Gasteiger partial charge in [-0.25, -0.2) is 4.90 Å². The minimum absolute atomic E-state index is 0.000741. The number of ether oxygens (including phenoxy) is 1. The van der Waals surface area contributed by atoms with Gasteiger partial charge in [-0.2, -0.15) is 0 Å². The van der Waals surface area contributed by atoms with Gasteiger partial charge in [-0.1, -0.05) is 28.1 Å². The molecule has 0 unspecified atom stereocenters. The minimum atomic E-state index is -0.856. The number of fused-ring (bicyclic) bond motifs is 5. The van der Waals surface area contributed by atoms with E-state index in [1.54, 1.807) is 32.1 Å². The fourth-order valence-electron chi connectivity index (χ4n) is 4.10. The number of amides is 2. The van der Waals surface area contributed by atoms with Crippen LogP contribution in [-0.2, 0) is 14.3 Å². The zero-order valence-corrected chi connectivity index (χ0v) is 14.4. The van der Waals surface area contributed by atoms with E-state index in [2.05, 4.69) is 15.9 Å². The highest BCUT2D eigenvalue weighted by atomic mass is 79.9. The molecule has 0 spiro atoms. The standard InChI is InChI=1S/C16H13BrN2O5/c1-15-5-6-16(2,24-15)12-11(15)13(20)18(14(12)21)9-4-3-8(17)7-10(9)19(22)23/h3-7,11-12H,1-2H3/t11-,12-,15-,16-/m1/s1. The van der Waals surface area contributed by atoms with Crippen LogP contribution in [0.1, 0.15) is 13.8 Å². The van der Waals surface area contributed by atoms with Crippen LogP contribution in [0.5, 0.6) is 0 Å². The predicted octanol–water partition coefficient (Wildman–Crippen LogP) is 2.58. The Morgan fingerprint density at radius 3 is 2.21 bits per heavy atom. The number of hydrogen-bond acceptors (Lipinski definition) is 5. The van der Waals surface area contributed by atoms with Crippen LogP contribution in [0.4, 0.5) is 11.4 Å². The molecule has 124 valence electrons. The highest BCUT2D eigenvalue weighted by Gasteiger charge is 2.70. The fraction of sp³-hybridized carbons (Fsp3) is 0.375. The molecule has 2 bridgehead atoms. The number of hydrogen-bond donors (Lipinski definition) is 0. The van der Waals surface area contributed by atoms with Crippen LogP contribution in [0.3, 0.4) is 0 Å². The Bertz CT molecular complexity index is 817. The molecule has 1 aromatic rings. The number of halogens is 1. The SMILES string of the molecule is C[C@]12C=C[C@@](C)(O1)[C@H]1C(=O)N(c3ccc(Br)cc3[N+](=O)[O-])C(=O)[C@@H]12. The lowest BCUT2D eigenvalue weighted by Crippen LogP contribution is -2.39. The summed E-state index contributed by atoms with van der Waals surface area (Å²) < 4.78 is 6.42. The lowest BCUT2D eigenvalue weighted by Gasteiger charge is -2.25. The average Bonchev–Trinajstić information content (AvgIpc) is 3.04. The molecule has 0 saturated carbocycles. The Labute approximate surface area is 145 Å². The maximum absolute atomic E-state index is 13.0. The van der Waals surface area contributed by atoms with Gasteiger partial charge in [0.05, 0.1) is 28.0 Å². The van der Waals surface area contributed by atoms with Crippen molar-refractivity contribution in [1.82, 2.24) is 0 Å². The van der Waals surface area contributed by atoms with E-state index in [1.807, 2.05) is 0 Å². The predicted molar refractivity (Wildman–Crippen MR) is 87.3 cm³/mol. The average molecular weight is 393 g/mol. The van der Waals surface area contributed by atoms with Gasteiger partial charge in [0.2, 0.25) is 11.8 Å². The Balaban J connectivity index is 1.85. The molecule has 4 atom stereocenters. The first-order valence-corrected chi connectivity index (χ1v) is 8.19. The Hall–Kier alpha value is -2.06. The third-order valence-corrected chi connectivity index (χ3v) is 5.59. The molecule has 2 saturated heterocycles. The van der Waals surface area contributed by atoms with Crippen molar-refractivity contribution in [2.75, 3.05) is 4.90 Å². The molecule has 0 N–H and O–H groups in total. The van der Waals surface area contributed by atoms with Crippen molar-refractivity contribution < 1.29 is 19.2 Å². The summed E-state index contributed by atoms with van der Waals surface area (Å²) in [5.41, 5.74) is -2.00. The summed E-state index contributed by atoms with van der Waals surface area (Å²) in [4.78, 5) is 37.6. The van der Waals surface area contributed by atoms with Crippen LogP contribution in [0.2, 0.25) is 0 Å². The molecule has 3 aliphatic rings. The second-order valence-electron chi connectivity index (χ2n) is 6.66. The maximum Gasteiger partial charge on any atom is 0.294 e. The van der Waals surface area contributed by atoms with Crippen LogP contribution in [0, 0.1) is 22.0 Å². The molecule has 0 radical (unpaired) electrons. The quantitative estimate of drug-likeness (QED) is 0.334. The van der Waals surface area contributed by atoms with Crippen LogP contribution in [-0.4, -0.2) is 27.9 Å². The lowest BCUT2D eigenvalue weighted by atomic mass is 9.73. The molecule has 3 aliphatic heterocycles. The third kappa shape index (κ3) is 1.75. The van der Waals surface area contributed by atoms with Gasteiger partial charge in [-0.15, -0.1) is 0 Å². The minimum Gasteiger partial charge on any atom is -0.359 e. The van der Waals surface area contributed by atoms with Gasteiger partial charge in [0.15, 0.2) is 0 Å². The zero-order valence-electron chi connectivity index (χ0n) is 12.9. The van der Waals surface area contributed by atoms with Crippen LogP contribution in [0.15, 0.2) is 34.8 Å². The summed E-state index contributed by atoms with van der Waals surface area (Å²) in [6.07, 6.45) is 3.61. The van der Waals surface area contributed by atoms with Gasteiger partial charge in [-0.3, -0.25) is 19.7 Å². The molecule has 2 amide bonds. The van der Waals surface area contributed by atoms with Crippen molar-refractivity contribution in [2.24, 2.45) is 11.8 Å². The summed E-state index contributed by atoms with van der Waals surface area (Å²) in [6, 6.07) is 4.28. The van der Waals surface area contributed by atoms with Crippen LogP contribution in [0.25, 0.3) is 0 Å². The first-order valence-electron chi connectivity index (χ1n) is 7.40. The van der Waals surface area contributed by atoms with E-state index in [1.165, 1.54) is 12.1 Å². The van der Waals surface area contributed by atoms with Gasteiger partial charge in [-0.05, 0) is 26.0 Å². The fourth-order valence-corrected chi connectivity index (χ4v) is 4.45. The van der Waals surface area contributed by atoms with E-state index in [4.69, 9.17) is 4.74 Å².